The largest absolute Gasteiger partial charge is 0.480 e. The first-order chi connectivity index (χ1) is 7.61. The smallest absolute Gasteiger partial charge is 0.326 e. The number of carbonyl (C=O) groups is 2. The summed E-state index contributed by atoms with van der Waals surface area (Å²) in [6, 6.07) is -0.619. The van der Waals surface area contributed by atoms with Gasteiger partial charge in [0.15, 0.2) is 0 Å². The molecule has 0 radical (unpaired) electrons. The molecule has 92 valence electrons. The Labute approximate surface area is 101 Å². The highest BCUT2D eigenvalue weighted by molar-refractivity contribution is 7.80. The fourth-order valence-electron chi connectivity index (χ4n) is 2.16. The first-order valence-corrected chi connectivity index (χ1v) is 6.39. The van der Waals surface area contributed by atoms with Crippen molar-refractivity contribution in [2.45, 2.75) is 38.6 Å². The molecule has 4 nitrogen and oxygen atoms in total. The van der Waals surface area contributed by atoms with E-state index in [9.17, 15) is 9.59 Å². The average molecular weight is 245 g/mol. The zero-order valence-electron chi connectivity index (χ0n) is 9.56. The maximum Gasteiger partial charge on any atom is 0.326 e. The number of hydrogen-bond acceptors (Lipinski definition) is 3. The zero-order chi connectivity index (χ0) is 12.1. The van der Waals surface area contributed by atoms with E-state index in [1.807, 2.05) is 6.92 Å². The molecule has 1 unspecified atom stereocenters. The summed E-state index contributed by atoms with van der Waals surface area (Å²) in [4.78, 5) is 24.6. The van der Waals surface area contributed by atoms with E-state index in [-0.39, 0.29) is 11.8 Å². The van der Waals surface area contributed by atoms with Crippen molar-refractivity contribution in [2.75, 3.05) is 12.3 Å². The summed E-state index contributed by atoms with van der Waals surface area (Å²) in [5.74, 6) is -0.564. The summed E-state index contributed by atoms with van der Waals surface area (Å²) >= 11 is 4.17. The lowest BCUT2D eigenvalue weighted by molar-refractivity contribution is -0.149. The molecule has 1 amide bonds. The maximum atomic E-state index is 12.1. The summed E-state index contributed by atoms with van der Waals surface area (Å²) in [7, 11) is 0. The summed E-state index contributed by atoms with van der Waals surface area (Å²) in [5.41, 5.74) is 0. The van der Waals surface area contributed by atoms with Gasteiger partial charge in [-0.3, -0.25) is 4.79 Å². The molecule has 0 aromatic heterocycles. The fourth-order valence-corrected chi connectivity index (χ4v) is 2.50. The third kappa shape index (κ3) is 2.90. The van der Waals surface area contributed by atoms with E-state index in [0.717, 1.165) is 19.3 Å². The normalized spacial score (nSPS) is 22.1. The number of rotatable bonds is 5. The Bertz CT molecular complexity index is 270. The first kappa shape index (κ1) is 13.4. The summed E-state index contributed by atoms with van der Waals surface area (Å²) in [6.45, 7) is 2.59. The van der Waals surface area contributed by atoms with Gasteiger partial charge < -0.3 is 10.0 Å². The van der Waals surface area contributed by atoms with Crippen molar-refractivity contribution in [3.8, 4) is 0 Å². The van der Waals surface area contributed by atoms with Gasteiger partial charge in [0.25, 0.3) is 0 Å². The molecule has 1 saturated heterocycles. The first-order valence-electron chi connectivity index (χ1n) is 5.76. The molecule has 0 aliphatic carbocycles. The quantitative estimate of drug-likeness (QED) is 0.720. The van der Waals surface area contributed by atoms with Gasteiger partial charge in [-0.1, -0.05) is 13.3 Å². The lowest BCUT2D eigenvalue weighted by atomic mass is 10.0. The van der Waals surface area contributed by atoms with E-state index >= 15 is 0 Å². The Hall–Kier alpha value is -0.710. The number of aliphatic carboxylic acids is 1. The van der Waals surface area contributed by atoms with Crippen molar-refractivity contribution in [3.63, 3.8) is 0 Å². The molecule has 0 aromatic carbocycles. The minimum Gasteiger partial charge on any atom is -0.480 e. The lowest BCUT2D eigenvalue weighted by Crippen LogP contribution is -2.43. The number of likely N-dealkylation sites (tertiary alicyclic amines) is 1. The molecular weight excluding hydrogens is 226 g/mol. The van der Waals surface area contributed by atoms with Crippen LogP contribution in [0.1, 0.15) is 32.6 Å². The van der Waals surface area contributed by atoms with Crippen LogP contribution in [0.4, 0.5) is 0 Å². The Kier molecular flexibility index (Phi) is 5.12. The molecule has 0 bridgehead atoms. The van der Waals surface area contributed by atoms with Crippen LogP contribution in [0.2, 0.25) is 0 Å². The van der Waals surface area contributed by atoms with Gasteiger partial charge in [0.05, 0.1) is 0 Å². The van der Waals surface area contributed by atoms with Gasteiger partial charge >= 0.3 is 5.97 Å². The molecule has 1 aliphatic rings. The van der Waals surface area contributed by atoms with Crippen LogP contribution in [0.25, 0.3) is 0 Å². The second kappa shape index (κ2) is 6.13. The topological polar surface area (TPSA) is 57.6 Å². The Morgan fingerprint density at radius 1 is 1.56 bits per heavy atom. The van der Waals surface area contributed by atoms with Gasteiger partial charge in [0.2, 0.25) is 5.91 Å². The zero-order valence-corrected chi connectivity index (χ0v) is 10.4. The van der Waals surface area contributed by atoms with Crippen LogP contribution in [0.5, 0.6) is 0 Å². The van der Waals surface area contributed by atoms with Crippen molar-refractivity contribution in [2.24, 2.45) is 5.92 Å². The van der Waals surface area contributed by atoms with Crippen LogP contribution in [-0.4, -0.2) is 40.2 Å². The van der Waals surface area contributed by atoms with E-state index in [1.165, 1.54) is 4.90 Å². The van der Waals surface area contributed by atoms with Gasteiger partial charge in [0.1, 0.15) is 6.04 Å². The van der Waals surface area contributed by atoms with Crippen LogP contribution >= 0.6 is 12.6 Å². The Morgan fingerprint density at radius 2 is 2.25 bits per heavy atom. The number of carboxylic acid groups (broad SMARTS) is 1. The number of carboxylic acids is 1. The van der Waals surface area contributed by atoms with Crippen molar-refractivity contribution in [3.05, 3.63) is 0 Å². The van der Waals surface area contributed by atoms with E-state index in [1.54, 1.807) is 0 Å². The Balaban J connectivity index is 2.67. The monoisotopic (exact) mass is 245 g/mol. The van der Waals surface area contributed by atoms with Crippen LogP contribution in [0, 0.1) is 5.92 Å². The molecule has 1 aliphatic heterocycles. The highest BCUT2D eigenvalue weighted by Crippen LogP contribution is 2.22. The third-order valence-corrected chi connectivity index (χ3v) is 3.47. The number of nitrogens with zero attached hydrogens (tertiary/aromatic N) is 1. The summed E-state index contributed by atoms with van der Waals surface area (Å²) < 4.78 is 0. The van der Waals surface area contributed by atoms with Gasteiger partial charge in [-0.15, -0.1) is 0 Å². The van der Waals surface area contributed by atoms with Gasteiger partial charge in [-0.2, -0.15) is 12.6 Å². The Morgan fingerprint density at radius 3 is 2.75 bits per heavy atom. The standard InChI is InChI=1S/C11H19NO3S/c1-2-4-8(7-16)10(13)12-6-3-5-9(12)11(14)15/h8-9,16H,2-7H2,1H3,(H,14,15)/t8?,9-/m0/s1. The molecule has 1 fully saturated rings. The van der Waals surface area contributed by atoms with E-state index in [4.69, 9.17) is 5.11 Å². The number of carbonyl (C=O) groups excluding carboxylic acids is 1. The lowest BCUT2D eigenvalue weighted by Gasteiger charge is -2.25. The SMILES string of the molecule is CCCC(CS)C(=O)N1CCC[C@H]1C(=O)O. The van der Waals surface area contributed by atoms with Crippen molar-refractivity contribution in [1.82, 2.24) is 4.90 Å². The second-order valence-corrected chi connectivity index (χ2v) is 4.56. The minimum atomic E-state index is -0.889. The van der Waals surface area contributed by atoms with Crippen LogP contribution in [0.3, 0.4) is 0 Å². The molecule has 1 rings (SSSR count). The summed E-state index contributed by atoms with van der Waals surface area (Å²) in [6.07, 6.45) is 3.06. The molecule has 0 aromatic rings. The van der Waals surface area contributed by atoms with Crippen molar-refractivity contribution < 1.29 is 14.7 Å². The van der Waals surface area contributed by atoms with Crippen molar-refractivity contribution >= 4 is 24.5 Å². The van der Waals surface area contributed by atoms with Crippen LogP contribution in [0.15, 0.2) is 0 Å². The fraction of sp³-hybridized carbons (Fsp3) is 0.818. The van der Waals surface area contributed by atoms with Gasteiger partial charge in [0, 0.05) is 18.2 Å². The third-order valence-electron chi connectivity index (χ3n) is 3.03. The van der Waals surface area contributed by atoms with Gasteiger partial charge in [-0.05, 0) is 19.3 Å². The molecule has 1 heterocycles. The van der Waals surface area contributed by atoms with Crippen molar-refractivity contribution in [1.29, 1.82) is 0 Å². The molecule has 2 atom stereocenters. The van der Waals surface area contributed by atoms with Crippen LogP contribution < -0.4 is 0 Å². The average Bonchev–Trinajstić information content (AvgIpc) is 2.73. The molecule has 0 saturated carbocycles. The highest BCUT2D eigenvalue weighted by atomic mass is 32.1. The van der Waals surface area contributed by atoms with E-state index < -0.39 is 12.0 Å². The molecular formula is C11H19NO3S. The molecule has 16 heavy (non-hydrogen) atoms. The van der Waals surface area contributed by atoms with E-state index in [2.05, 4.69) is 12.6 Å². The minimum absolute atomic E-state index is 0.0400. The molecule has 1 N–H and O–H groups in total. The summed E-state index contributed by atoms with van der Waals surface area (Å²) in [5, 5.41) is 9.00. The number of amides is 1. The second-order valence-electron chi connectivity index (χ2n) is 4.20. The molecule has 5 heteroatoms. The van der Waals surface area contributed by atoms with Crippen LogP contribution in [-0.2, 0) is 9.59 Å². The number of hydrogen-bond donors (Lipinski definition) is 2. The van der Waals surface area contributed by atoms with Gasteiger partial charge in [-0.25, -0.2) is 4.79 Å². The maximum absolute atomic E-state index is 12.1. The highest BCUT2D eigenvalue weighted by Gasteiger charge is 2.36. The predicted octanol–water partition coefficient (Wildman–Crippen LogP) is 1.41. The number of thiol groups is 1. The molecule has 0 spiro atoms. The predicted molar refractivity (Wildman–Crippen MR) is 64.6 cm³/mol. The van der Waals surface area contributed by atoms with E-state index in [0.29, 0.717) is 18.7 Å².